The SMILES string of the molecule is CC(C)=CC1C(C#N)(C#N)C1(C#N)C#N. The van der Waals surface area contributed by atoms with Gasteiger partial charge in [0.05, 0.1) is 24.3 Å². The first-order chi connectivity index (χ1) is 7.04. The van der Waals surface area contributed by atoms with Gasteiger partial charge in [-0.15, -0.1) is 0 Å². The fourth-order valence-corrected chi connectivity index (χ4v) is 1.77. The first-order valence-corrected chi connectivity index (χ1v) is 4.34. The molecule has 1 rings (SSSR count). The Hall–Kier alpha value is -2.30. The molecule has 0 aromatic carbocycles. The van der Waals surface area contributed by atoms with Crippen LogP contribution < -0.4 is 0 Å². The van der Waals surface area contributed by atoms with E-state index in [1.54, 1.807) is 44.2 Å². The molecule has 0 radical (unpaired) electrons. The zero-order valence-corrected chi connectivity index (χ0v) is 8.44. The van der Waals surface area contributed by atoms with Gasteiger partial charge in [0.15, 0.2) is 10.8 Å². The number of nitriles is 4. The first kappa shape index (κ1) is 10.8. The molecule has 4 nitrogen and oxygen atoms in total. The van der Waals surface area contributed by atoms with E-state index in [1.165, 1.54) is 0 Å². The normalized spacial score (nSPS) is 19.9. The molecular formula is C11H8N4. The van der Waals surface area contributed by atoms with Crippen LogP contribution in [0.1, 0.15) is 13.8 Å². The molecule has 1 aliphatic carbocycles. The van der Waals surface area contributed by atoms with Gasteiger partial charge in [-0.25, -0.2) is 0 Å². The van der Waals surface area contributed by atoms with Crippen LogP contribution in [0.25, 0.3) is 0 Å². The van der Waals surface area contributed by atoms with Crippen LogP contribution >= 0.6 is 0 Å². The van der Waals surface area contributed by atoms with Crippen LogP contribution in [0.5, 0.6) is 0 Å². The Balaban J connectivity index is 3.33. The highest BCUT2D eigenvalue weighted by molar-refractivity contribution is 5.53. The Morgan fingerprint density at radius 1 is 0.933 bits per heavy atom. The maximum Gasteiger partial charge on any atom is 0.184 e. The summed E-state index contributed by atoms with van der Waals surface area (Å²) in [6.07, 6.45) is 1.65. The van der Waals surface area contributed by atoms with Crippen LogP contribution in [0.15, 0.2) is 11.6 Å². The lowest BCUT2D eigenvalue weighted by Crippen LogP contribution is -2.05. The number of hydrogen-bond donors (Lipinski definition) is 0. The molecule has 0 aliphatic heterocycles. The number of allylic oxidation sites excluding steroid dienone is 2. The quantitative estimate of drug-likeness (QED) is 0.595. The van der Waals surface area contributed by atoms with E-state index in [9.17, 15) is 0 Å². The maximum atomic E-state index is 8.93. The van der Waals surface area contributed by atoms with E-state index in [4.69, 9.17) is 21.0 Å². The summed E-state index contributed by atoms with van der Waals surface area (Å²) in [4.78, 5) is 0. The van der Waals surface area contributed by atoms with Crippen molar-refractivity contribution in [1.82, 2.24) is 0 Å². The fraction of sp³-hybridized carbons (Fsp3) is 0.455. The predicted molar refractivity (Wildman–Crippen MR) is 50.2 cm³/mol. The molecule has 1 aliphatic rings. The summed E-state index contributed by atoms with van der Waals surface area (Å²) in [5.41, 5.74) is -2.09. The summed E-state index contributed by atoms with van der Waals surface area (Å²) in [7, 11) is 0. The lowest BCUT2D eigenvalue weighted by Gasteiger charge is -1.92. The second kappa shape index (κ2) is 3.13. The monoisotopic (exact) mass is 196 g/mol. The van der Waals surface area contributed by atoms with E-state index in [2.05, 4.69) is 0 Å². The zero-order chi connectivity index (χ0) is 11.7. The highest BCUT2D eigenvalue weighted by Gasteiger charge is 2.80. The van der Waals surface area contributed by atoms with Gasteiger partial charge in [-0.1, -0.05) is 11.6 Å². The maximum absolute atomic E-state index is 8.93. The van der Waals surface area contributed by atoms with Crippen molar-refractivity contribution in [2.45, 2.75) is 13.8 Å². The van der Waals surface area contributed by atoms with Gasteiger partial charge in [-0.05, 0) is 13.8 Å². The smallest absolute Gasteiger partial charge is 0.184 e. The highest BCUT2D eigenvalue weighted by atomic mass is 14.8. The van der Waals surface area contributed by atoms with E-state index in [0.29, 0.717) is 0 Å². The minimum atomic E-state index is -1.49. The van der Waals surface area contributed by atoms with E-state index in [0.717, 1.165) is 5.57 Å². The van der Waals surface area contributed by atoms with E-state index < -0.39 is 16.7 Å². The summed E-state index contributed by atoms with van der Waals surface area (Å²) in [6, 6.07) is 7.20. The lowest BCUT2D eigenvalue weighted by molar-refractivity contribution is 0.727. The van der Waals surface area contributed by atoms with Crippen LogP contribution in [0.2, 0.25) is 0 Å². The Morgan fingerprint density at radius 3 is 1.47 bits per heavy atom. The Morgan fingerprint density at radius 2 is 1.27 bits per heavy atom. The summed E-state index contributed by atoms with van der Waals surface area (Å²) in [5.74, 6) is -0.597. The van der Waals surface area contributed by atoms with Crippen LogP contribution in [0, 0.1) is 62.1 Å². The largest absolute Gasteiger partial charge is 0.196 e. The molecule has 0 N–H and O–H groups in total. The van der Waals surface area contributed by atoms with Gasteiger partial charge >= 0.3 is 0 Å². The molecule has 0 spiro atoms. The molecule has 0 saturated heterocycles. The van der Waals surface area contributed by atoms with Crippen molar-refractivity contribution in [3.8, 4) is 24.3 Å². The molecule has 0 unspecified atom stereocenters. The molecule has 1 fully saturated rings. The Labute approximate surface area is 88.3 Å². The third-order valence-electron chi connectivity index (χ3n) is 2.68. The second-order valence-corrected chi connectivity index (χ2v) is 3.78. The zero-order valence-electron chi connectivity index (χ0n) is 8.44. The predicted octanol–water partition coefficient (Wildman–Crippen LogP) is 1.65. The topological polar surface area (TPSA) is 95.2 Å². The third-order valence-corrected chi connectivity index (χ3v) is 2.68. The van der Waals surface area contributed by atoms with Gasteiger partial charge in [0.1, 0.15) is 0 Å². The van der Waals surface area contributed by atoms with Gasteiger partial charge in [0, 0.05) is 5.92 Å². The highest BCUT2D eigenvalue weighted by Crippen LogP contribution is 2.68. The Bertz CT molecular complexity index is 417. The van der Waals surface area contributed by atoms with Crippen molar-refractivity contribution in [1.29, 1.82) is 21.0 Å². The van der Waals surface area contributed by atoms with E-state index in [-0.39, 0.29) is 0 Å². The molecule has 15 heavy (non-hydrogen) atoms. The van der Waals surface area contributed by atoms with Gasteiger partial charge in [-0.2, -0.15) is 21.0 Å². The molecule has 4 heteroatoms. The van der Waals surface area contributed by atoms with Crippen molar-refractivity contribution < 1.29 is 0 Å². The molecular weight excluding hydrogens is 188 g/mol. The molecule has 72 valence electrons. The molecule has 1 saturated carbocycles. The van der Waals surface area contributed by atoms with Crippen molar-refractivity contribution >= 4 is 0 Å². The second-order valence-electron chi connectivity index (χ2n) is 3.78. The molecule has 0 bridgehead atoms. The molecule has 0 heterocycles. The molecule has 0 aromatic heterocycles. The van der Waals surface area contributed by atoms with Gasteiger partial charge in [0.25, 0.3) is 0 Å². The number of nitrogens with zero attached hydrogens (tertiary/aromatic N) is 4. The molecule has 0 atom stereocenters. The molecule has 0 aromatic rings. The van der Waals surface area contributed by atoms with Crippen molar-refractivity contribution in [3.05, 3.63) is 11.6 Å². The van der Waals surface area contributed by atoms with E-state index in [1.807, 2.05) is 0 Å². The average Bonchev–Trinajstić information content (AvgIpc) is 2.79. The van der Waals surface area contributed by atoms with Crippen LogP contribution in [-0.2, 0) is 0 Å². The van der Waals surface area contributed by atoms with Gasteiger partial charge < -0.3 is 0 Å². The van der Waals surface area contributed by atoms with Crippen LogP contribution in [0.4, 0.5) is 0 Å². The van der Waals surface area contributed by atoms with Crippen molar-refractivity contribution in [3.63, 3.8) is 0 Å². The van der Waals surface area contributed by atoms with Crippen LogP contribution in [-0.4, -0.2) is 0 Å². The summed E-state index contributed by atoms with van der Waals surface area (Å²) in [5, 5.41) is 35.7. The van der Waals surface area contributed by atoms with Gasteiger partial charge in [-0.3, -0.25) is 0 Å². The minimum absolute atomic E-state index is 0.597. The van der Waals surface area contributed by atoms with Crippen LogP contribution in [0.3, 0.4) is 0 Å². The fourth-order valence-electron chi connectivity index (χ4n) is 1.77. The third kappa shape index (κ3) is 1.03. The standard InChI is InChI=1S/C11H8N4/c1-8(2)3-9-10(4-12,5-13)11(9,6-14)7-15/h3,9H,1-2H3. The van der Waals surface area contributed by atoms with Gasteiger partial charge in [0.2, 0.25) is 0 Å². The minimum Gasteiger partial charge on any atom is -0.196 e. The summed E-state index contributed by atoms with van der Waals surface area (Å²) < 4.78 is 0. The summed E-state index contributed by atoms with van der Waals surface area (Å²) >= 11 is 0. The lowest BCUT2D eigenvalue weighted by atomic mass is 9.98. The first-order valence-electron chi connectivity index (χ1n) is 4.34. The Kier molecular flexibility index (Phi) is 2.25. The average molecular weight is 196 g/mol. The van der Waals surface area contributed by atoms with E-state index >= 15 is 0 Å². The molecule has 0 amide bonds. The number of rotatable bonds is 1. The number of hydrogen-bond acceptors (Lipinski definition) is 4. The summed E-state index contributed by atoms with van der Waals surface area (Å²) in [6.45, 7) is 3.61. The van der Waals surface area contributed by atoms with Crippen molar-refractivity contribution in [2.24, 2.45) is 16.7 Å². The van der Waals surface area contributed by atoms with Crippen molar-refractivity contribution in [2.75, 3.05) is 0 Å².